The topological polar surface area (TPSA) is 101 Å². The number of benzene rings is 1. The standard InChI is InChI=1S/C24H22N4O5/c1-31-17-6-4-16(5-7-17)25-22-18-8-14-33-21(18)15-19(26-22)23(29)27-9-11-28(12-10-27)24(30)20-3-2-13-32-20/h2-8,13-15H,9-12H2,1H3,(H,25,26). The van der Waals surface area contributed by atoms with Crippen LogP contribution in [0.2, 0.25) is 0 Å². The molecule has 9 nitrogen and oxygen atoms in total. The van der Waals surface area contributed by atoms with Gasteiger partial charge in [-0.05, 0) is 42.5 Å². The average Bonchev–Trinajstić information content (AvgIpc) is 3.56. The minimum absolute atomic E-state index is 0.173. The van der Waals surface area contributed by atoms with E-state index in [-0.39, 0.29) is 17.5 Å². The number of nitrogens with one attached hydrogen (secondary N) is 1. The Bertz CT molecular complexity index is 1270. The highest BCUT2D eigenvalue weighted by atomic mass is 16.5. The second-order valence-electron chi connectivity index (χ2n) is 7.60. The van der Waals surface area contributed by atoms with Gasteiger partial charge in [0.05, 0.1) is 25.0 Å². The number of fused-ring (bicyclic) bond motifs is 1. The zero-order valence-corrected chi connectivity index (χ0v) is 18.0. The normalized spacial score (nSPS) is 13.8. The zero-order chi connectivity index (χ0) is 22.8. The number of carbonyl (C=O) groups excluding carboxylic acids is 2. The Balaban J connectivity index is 1.33. The van der Waals surface area contributed by atoms with E-state index in [1.165, 1.54) is 6.26 Å². The lowest BCUT2D eigenvalue weighted by molar-refractivity contribution is 0.0515. The summed E-state index contributed by atoms with van der Waals surface area (Å²) in [6.07, 6.45) is 3.04. The van der Waals surface area contributed by atoms with Crippen LogP contribution in [-0.2, 0) is 0 Å². The summed E-state index contributed by atoms with van der Waals surface area (Å²) in [5.41, 5.74) is 1.65. The second kappa shape index (κ2) is 8.70. The molecule has 4 heterocycles. The predicted octanol–water partition coefficient (Wildman–Crippen LogP) is 3.77. The van der Waals surface area contributed by atoms with Crippen molar-refractivity contribution < 1.29 is 23.2 Å². The molecule has 0 bridgehead atoms. The molecule has 4 aromatic rings. The van der Waals surface area contributed by atoms with Gasteiger partial charge in [0.2, 0.25) is 0 Å². The van der Waals surface area contributed by atoms with Crippen LogP contribution in [0.15, 0.2) is 69.9 Å². The van der Waals surface area contributed by atoms with Gasteiger partial charge >= 0.3 is 0 Å². The number of ether oxygens (including phenoxy) is 1. The van der Waals surface area contributed by atoms with Crippen LogP contribution in [0.3, 0.4) is 0 Å². The highest BCUT2D eigenvalue weighted by molar-refractivity contribution is 5.99. The van der Waals surface area contributed by atoms with E-state index in [2.05, 4.69) is 10.3 Å². The molecule has 1 aromatic carbocycles. The average molecular weight is 446 g/mol. The molecule has 1 aliphatic heterocycles. The van der Waals surface area contributed by atoms with Gasteiger partial charge in [-0.15, -0.1) is 0 Å². The van der Waals surface area contributed by atoms with Crippen molar-refractivity contribution in [1.29, 1.82) is 0 Å². The summed E-state index contributed by atoms with van der Waals surface area (Å²) in [6.45, 7) is 1.66. The molecule has 0 atom stereocenters. The Kier molecular flexibility index (Phi) is 5.43. The van der Waals surface area contributed by atoms with E-state index >= 15 is 0 Å². The van der Waals surface area contributed by atoms with Crippen LogP contribution < -0.4 is 10.1 Å². The molecule has 1 aliphatic rings. The largest absolute Gasteiger partial charge is 0.497 e. The van der Waals surface area contributed by atoms with Gasteiger partial charge < -0.3 is 28.7 Å². The molecular formula is C24H22N4O5. The number of amides is 2. The Morgan fingerprint density at radius 2 is 1.67 bits per heavy atom. The number of rotatable bonds is 5. The molecule has 168 valence electrons. The highest BCUT2D eigenvalue weighted by Gasteiger charge is 2.28. The van der Waals surface area contributed by atoms with Gasteiger partial charge in [0, 0.05) is 37.9 Å². The van der Waals surface area contributed by atoms with Crippen LogP contribution in [0, 0.1) is 0 Å². The van der Waals surface area contributed by atoms with E-state index in [1.807, 2.05) is 30.3 Å². The minimum atomic E-state index is -0.212. The summed E-state index contributed by atoms with van der Waals surface area (Å²) in [5.74, 6) is 1.19. The van der Waals surface area contributed by atoms with Gasteiger partial charge in [-0.3, -0.25) is 9.59 Å². The van der Waals surface area contributed by atoms with E-state index in [0.29, 0.717) is 43.3 Å². The molecule has 0 aliphatic carbocycles. The molecule has 1 saturated heterocycles. The van der Waals surface area contributed by atoms with Crippen LogP contribution in [0.1, 0.15) is 21.0 Å². The van der Waals surface area contributed by atoms with E-state index in [9.17, 15) is 9.59 Å². The number of piperazine rings is 1. The molecule has 1 N–H and O–H groups in total. The number of anilines is 2. The van der Waals surface area contributed by atoms with Crippen molar-refractivity contribution in [2.75, 3.05) is 38.6 Å². The number of pyridine rings is 1. The quantitative estimate of drug-likeness (QED) is 0.498. The molecule has 9 heteroatoms. The van der Waals surface area contributed by atoms with E-state index in [1.54, 1.807) is 41.4 Å². The zero-order valence-electron chi connectivity index (χ0n) is 18.0. The Morgan fingerprint density at radius 1 is 0.939 bits per heavy atom. The molecular weight excluding hydrogens is 424 g/mol. The molecule has 33 heavy (non-hydrogen) atoms. The van der Waals surface area contributed by atoms with E-state index < -0.39 is 0 Å². The van der Waals surface area contributed by atoms with Crippen molar-refractivity contribution in [2.45, 2.75) is 0 Å². The number of hydrogen-bond acceptors (Lipinski definition) is 7. The number of furan rings is 2. The first kappa shape index (κ1) is 20.6. The summed E-state index contributed by atoms with van der Waals surface area (Å²) in [4.78, 5) is 33.7. The maximum atomic E-state index is 13.2. The van der Waals surface area contributed by atoms with Crippen LogP contribution in [-0.4, -0.2) is 59.9 Å². The van der Waals surface area contributed by atoms with Crippen molar-refractivity contribution in [2.24, 2.45) is 0 Å². The SMILES string of the molecule is COc1ccc(Nc2nc(C(=O)N3CCN(C(=O)c4ccco4)CC3)cc3occc23)cc1. The smallest absolute Gasteiger partial charge is 0.289 e. The molecule has 0 spiro atoms. The fraction of sp³-hybridized carbons (Fsp3) is 0.208. The first-order valence-corrected chi connectivity index (χ1v) is 10.5. The lowest BCUT2D eigenvalue weighted by atomic mass is 10.2. The minimum Gasteiger partial charge on any atom is -0.497 e. The van der Waals surface area contributed by atoms with Gasteiger partial charge in [0.25, 0.3) is 11.8 Å². The van der Waals surface area contributed by atoms with Crippen LogP contribution >= 0.6 is 0 Å². The summed E-state index contributed by atoms with van der Waals surface area (Å²) in [5, 5.41) is 4.03. The molecule has 3 aromatic heterocycles. The Hall–Kier alpha value is -4.27. The Labute approximate surface area is 189 Å². The number of aromatic nitrogens is 1. The lowest BCUT2D eigenvalue weighted by Crippen LogP contribution is -2.50. The van der Waals surface area contributed by atoms with Crippen molar-refractivity contribution in [3.8, 4) is 5.75 Å². The fourth-order valence-corrected chi connectivity index (χ4v) is 3.81. The molecule has 5 rings (SSSR count). The van der Waals surface area contributed by atoms with Crippen molar-refractivity contribution in [3.05, 3.63) is 72.5 Å². The van der Waals surface area contributed by atoms with Crippen molar-refractivity contribution in [1.82, 2.24) is 14.8 Å². The van der Waals surface area contributed by atoms with Crippen LogP contribution in [0.4, 0.5) is 11.5 Å². The van der Waals surface area contributed by atoms with Crippen molar-refractivity contribution >= 4 is 34.3 Å². The van der Waals surface area contributed by atoms with E-state index in [0.717, 1.165) is 16.8 Å². The summed E-state index contributed by atoms with van der Waals surface area (Å²) in [7, 11) is 1.61. The van der Waals surface area contributed by atoms with Gasteiger partial charge in [0.1, 0.15) is 22.8 Å². The maximum Gasteiger partial charge on any atom is 0.289 e. The first-order chi connectivity index (χ1) is 16.1. The molecule has 0 saturated carbocycles. The van der Waals surface area contributed by atoms with Crippen molar-refractivity contribution in [3.63, 3.8) is 0 Å². The third kappa shape index (κ3) is 4.12. The monoisotopic (exact) mass is 446 g/mol. The van der Waals surface area contributed by atoms with Crippen LogP contribution in [0.5, 0.6) is 5.75 Å². The first-order valence-electron chi connectivity index (χ1n) is 10.5. The number of carbonyl (C=O) groups is 2. The molecule has 0 unspecified atom stereocenters. The summed E-state index contributed by atoms with van der Waals surface area (Å²) >= 11 is 0. The van der Waals surface area contributed by atoms with Gasteiger partial charge in [-0.2, -0.15) is 0 Å². The number of nitrogens with zero attached hydrogens (tertiary/aromatic N) is 3. The molecule has 1 fully saturated rings. The molecule has 0 radical (unpaired) electrons. The summed E-state index contributed by atoms with van der Waals surface area (Å²) in [6, 6.07) is 14.2. The van der Waals surface area contributed by atoms with E-state index in [4.69, 9.17) is 13.6 Å². The lowest BCUT2D eigenvalue weighted by Gasteiger charge is -2.34. The predicted molar refractivity (Wildman–Crippen MR) is 121 cm³/mol. The van der Waals surface area contributed by atoms with Gasteiger partial charge in [-0.25, -0.2) is 4.98 Å². The fourth-order valence-electron chi connectivity index (χ4n) is 3.81. The maximum absolute atomic E-state index is 13.2. The third-order valence-electron chi connectivity index (χ3n) is 5.61. The second-order valence-corrected chi connectivity index (χ2v) is 7.60. The highest BCUT2D eigenvalue weighted by Crippen LogP contribution is 2.28. The van der Waals surface area contributed by atoms with Gasteiger partial charge in [0.15, 0.2) is 5.76 Å². The number of methoxy groups -OCH3 is 1. The summed E-state index contributed by atoms with van der Waals surface area (Å²) < 4.78 is 16.0. The number of hydrogen-bond donors (Lipinski definition) is 1. The van der Waals surface area contributed by atoms with Crippen LogP contribution in [0.25, 0.3) is 11.0 Å². The third-order valence-corrected chi connectivity index (χ3v) is 5.61. The Morgan fingerprint density at radius 3 is 2.33 bits per heavy atom. The molecule has 2 amide bonds. The van der Waals surface area contributed by atoms with Gasteiger partial charge in [-0.1, -0.05) is 0 Å².